The highest BCUT2D eigenvalue weighted by atomic mass is 19.1. The van der Waals surface area contributed by atoms with Crippen molar-refractivity contribution in [1.29, 1.82) is 0 Å². The zero-order chi connectivity index (χ0) is 15.2. The summed E-state index contributed by atoms with van der Waals surface area (Å²) in [4.78, 5) is 10.3. The summed E-state index contributed by atoms with van der Waals surface area (Å²) in [5.74, 6) is 1.33. The third-order valence-corrected chi connectivity index (χ3v) is 3.12. The highest BCUT2D eigenvalue weighted by molar-refractivity contribution is 5.79. The van der Waals surface area contributed by atoms with Crippen LogP contribution in [0, 0.1) is 5.82 Å². The molecule has 1 N–H and O–H groups in total. The van der Waals surface area contributed by atoms with E-state index in [4.69, 9.17) is 0 Å². The minimum absolute atomic E-state index is 0.230. The third-order valence-electron chi connectivity index (χ3n) is 3.12. The van der Waals surface area contributed by atoms with Crippen molar-refractivity contribution in [2.24, 2.45) is 12.0 Å². The number of benzene rings is 1. The molecule has 1 aromatic carbocycles. The number of aromatic nitrogens is 3. The smallest absolute Gasteiger partial charge is 0.194 e. The van der Waals surface area contributed by atoms with Gasteiger partial charge in [0.05, 0.1) is 6.54 Å². The van der Waals surface area contributed by atoms with Crippen molar-refractivity contribution in [2.75, 3.05) is 14.1 Å². The van der Waals surface area contributed by atoms with Gasteiger partial charge in [0, 0.05) is 27.7 Å². The molecule has 112 valence electrons. The molecule has 0 atom stereocenters. The van der Waals surface area contributed by atoms with Gasteiger partial charge in [-0.2, -0.15) is 5.10 Å². The number of rotatable bonds is 4. The van der Waals surface area contributed by atoms with Crippen LogP contribution in [0.15, 0.2) is 35.6 Å². The van der Waals surface area contributed by atoms with Gasteiger partial charge in [-0.05, 0) is 17.7 Å². The molecule has 1 heterocycles. The van der Waals surface area contributed by atoms with E-state index in [1.165, 1.54) is 18.5 Å². The fourth-order valence-corrected chi connectivity index (χ4v) is 1.96. The molecule has 0 spiro atoms. The Morgan fingerprint density at radius 3 is 2.67 bits per heavy atom. The maximum Gasteiger partial charge on any atom is 0.194 e. The maximum atomic E-state index is 12.9. The quantitative estimate of drug-likeness (QED) is 0.678. The van der Waals surface area contributed by atoms with Crippen LogP contribution < -0.4 is 5.32 Å². The Kier molecular flexibility index (Phi) is 4.86. The summed E-state index contributed by atoms with van der Waals surface area (Å²) in [6, 6.07) is 6.45. The van der Waals surface area contributed by atoms with E-state index in [9.17, 15) is 4.39 Å². The number of nitrogens with zero attached hydrogens (tertiary/aromatic N) is 5. The number of hydrogen-bond donors (Lipinski definition) is 1. The summed E-state index contributed by atoms with van der Waals surface area (Å²) in [5, 5.41) is 7.24. The predicted molar refractivity (Wildman–Crippen MR) is 79.1 cm³/mol. The monoisotopic (exact) mass is 290 g/mol. The van der Waals surface area contributed by atoms with Crippen LogP contribution in [-0.4, -0.2) is 39.7 Å². The Labute approximate surface area is 123 Å². The standard InChI is InChI=1S/C14H19FN6/c1-16-14(17-8-13-18-10-19-21(13)3)20(2)9-11-4-6-12(15)7-5-11/h4-7,10H,8-9H2,1-3H3,(H,16,17). The van der Waals surface area contributed by atoms with E-state index >= 15 is 0 Å². The fourth-order valence-electron chi connectivity index (χ4n) is 1.96. The summed E-state index contributed by atoms with van der Waals surface area (Å²) in [7, 11) is 5.49. The fraction of sp³-hybridized carbons (Fsp3) is 0.357. The molecule has 0 fully saturated rings. The van der Waals surface area contributed by atoms with Crippen LogP contribution in [0.5, 0.6) is 0 Å². The number of nitrogens with one attached hydrogen (secondary N) is 1. The lowest BCUT2D eigenvalue weighted by Crippen LogP contribution is -2.38. The molecule has 21 heavy (non-hydrogen) atoms. The molecule has 2 rings (SSSR count). The van der Waals surface area contributed by atoms with E-state index in [0.717, 1.165) is 17.3 Å². The van der Waals surface area contributed by atoms with Gasteiger partial charge in [-0.1, -0.05) is 12.1 Å². The van der Waals surface area contributed by atoms with Crippen molar-refractivity contribution in [3.8, 4) is 0 Å². The number of guanidine groups is 1. The minimum atomic E-state index is -0.230. The second kappa shape index (κ2) is 6.83. The molecule has 0 unspecified atom stereocenters. The molecule has 0 bridgehead atoms. The molecule has 1 aromatic heterocycles. The molecule has 7 heteroatoms. The van der Waals surface area contributed by atoms with Crippen LogP contribution in [0.4, 0.5) is 4.39 Å². The van der Waals surface area contributed by atoms with Crippen molar-refractivity contribution in [2.45, 2.75) is 13.1 Å². The van der Waals surface area contributed by atoms with Crippen molar-refractivity contribution in [1.82, 2.24) is 25.0 Å². The van der Waals surface area contributed by atoms with Gasteiger partial charge >= 0.3 is 0 Å². The molecule has 0 radical (unpaired) electrons. The second-order valence-electron chi connectivity index (χ2n) is 4.68. The zero-order valence-electron chi connectivity index (χ0n) is 12.4. The first-order chi connectivity index (χ1) is 10.1. The van der Waals surface area contributed by atoms with Gasteiger partial charge in [-0.25, -0.2) is 9.37 Å². The summed E-state index contributed by atoms with van der Waals surface area (Å²) in [6.45, 7) is 1.18. The largest absolute Gasteiger partial charge is 0.349 e. The van der Waals surface area contributed by atoms with Crippen LogP contribution in [0.25, 0.3) is 0 Å². The SMILES string of the molecule is CN=C(NCc1ncnn1C)N(C)Cc1ccc(F)cc1. The maximum absolute atomic E-state index is 12.9. The normalized spacial score (nSPS) is 11.5. The van der Waals surface area contributed by atoms with Crippen molar-refractivity contribution >= 4 is 5.96 Å². The van der Waals surface area contributed by atoms with Gasteiger partial charge in [-0.15, -0.1) is 0 Å². The van der Waals surface area contributed by atoms with E-state index in [1.807, 2.05) is 19.0 Å². The summed E-state index contributed by atoms with van der Waals surface area (Å²) in [5.41, 5.74) is 1.01. The minimum Gasteiger partial charge on any atom is -0.349 e. The highest BCUT2D eigenvalue weighted by Gasteiger charge is 2.08. The van der Waals surface area contributed by atoms with Gasteiger partial charge < -0.3 is 10.2 Å². The summed E-state index contributed by atoms with van der Waals surface area (Å²) >= 11 is 0. The van der Waals surface area contributed by atoms with E-state index in [-0.39, 0.29) is 5.82 Å². The molecule has 0 aliphatic carbocycles. The highest BCUT2D eigenvalue weighted by Crippen LogP contribution is 2.05. The van der Waals surface area contributed by atoms with Crippen LogP contribution in [0.2, 0.25) is 0 Å². The molecular formula is C14H19FN6. The van der Waals surface area contributed by atoms with E-state index < -0.39 is 0 Å². The number of aliphatic imine (C=N–C) groups is 1. The summed E-state index contributed by atoms with van der Waals surface area (Å²) in [6.07, 6.45) is 1.52. The molecule has 6 nitrogen and oxygen atoms in total. The average molecular weight is 290 g/mol. The van der Waals surface area contributed by atoms with Crippen molar-refractivity contribution in [3.63, 3.8) is 0 Å². The van der Waals surface area contributed by atoms with Crippen LogP contribution in [0.3, 0.4) is 0 Å². The molecule has 0 aliphatic rings. The topological polar surface area (TPSA) is 58.3 Å². The Hall–Kier alpha value is -2.44. The van der Waals surface area contributed by atoms with Gasteiger partial charge in [0.15, 0.2) is 5.96 Å². The summed E-state index contributed by atoms with van der Waals surface area (Å²) < 4.78 is 14.6. The van der Waals surface area contributed by atoms with Gasteiger partial charge in [-0.3, -0.25) is 9.67 Å². The number of halogens is 1. The average Bonchev–Trinajstić information content (AvgIpc) is 2.88. The van der Waals surface area contributed by atoms with E-state index in [1.54, 1.807) is 23.9 Å². The van der Waals surface area contributed by atoms with Gasteiger partial charge in [0.2, 0.25) is 0 Å². The lowest BCUT2D eigenvalue weighted by atomic mass is 10.2. The molecular weight excluding hydrogens is 271 g/mol. The van der Waals surface area contributed by atoms with Gasteiger partial charge in [0.25, 0.3) is 0 Å². The molecule has 0 saturated heterocycles. The van der Waals surface area contributed by atoms with Crippen LogP contribution in [0.1, 0.15) is 11.4 Å². The van der Waals surface area contributed by atoms with Gasteiger partial charge in [0.1, 0.15) is 18.0 Å². The number of aryl methyl sites for hydroxylation is 1. The predicted octanol–water partition coefficient (Wildman–Crippen LogP) is 1.16. The molecule has 0 aliphatic heterocycles. The third kappa shape index (κ3) is 4.01. The van der Waals surface area contributed by atoms with E-state index in [0.29, 0.717) is 13.1 Å². The molecule has 0 saturated carbocycles. The molecule has 2 aromatic rings. The van der Waals surface area contributed by atoms with Crippen LogP contribution in [-0.2, 0) is 20.1 Å². The van der Waals surface area contributed by atoms with E-state index in [2.05, 4.69) is 20.4 Å². The Morgan fingerprint density at radius 2 is 2.10 bits per heavy atom. The first-order valence-corrected chi connectivity index (χ1v) is 6.59. The van der Waals surface area contributed by atoms with Crippen molar-refractivity contribution < 1.29 is 4.39 Å². The number of hydrogen-bond acceptors (Lipinski definition) is 3. The van der Waals surface area contributed by atoms with Crippen LogP contribution >= 0.6 is 0 Å². The molecule has 0 amide bonds. The Balaban J connectivity index is 1.94. The lowest BCUT2D eigenvalue weighted by molar-refractivity contribution is 0.473. The Bertz CT molecular complexity index is 604. The first kappa shape index (κ1) is 15.0. The van der Waals surface area contributed by atoms with Crippen molar-refractivity contribution in [3.05, 3.63) is 47.8 Å². The Morgan fingerprint density at radius 1 is 1.38 bits per heavy atom. The lowest BCUT2D eigenvalue weighted by Gasteiger charge is -2.22. The first-order valence-electron chi connectivity index (χ1n) is 6.59. The second-order valence-corrected chi connectivity index (χ2v) is 4.68. The zero-order valence-corrected chi connectivity index (χ0v) is 12.4.